The predicted molar refractivity (Wildman–Crippen MR) is 104 cm³/mol. The van der Waals surface area contributed by atoms with Crippen LogP contribution in [0.3, 0.4) is 0 Å². The number of nitrogens with one attached hydrogen (secondary N) is 1. The second kappa shape index (κ2) is 5.89. The monoisotopic (exact) mass is 362 g/mol. The van der Waals surface area contributed by atoms with Crippen LogP contribution in [0.15, 0.2) is 30.6 Å². The van der Waals surface area contributed by atoms with E-state index in [9.17, 15) is 10.2 Å². The van der Waals surface area contributed by atoms with Crippen molar-refractivity contribution in [2.75, 3.05) is 5.32 Å². The zero-order valence-corrected chi connectivity index (χ0v) is 15.2. The van der Waals surface area contributed by atoms with E-state index in [4.69, 9.17) is 0 Å². The van der Waals surface area contributed by atoms with Gasteiger partial charge in [-0.1, -0.05) is 6.07 Å². The lowest BCUT2D eigenvalue weighted by Crippen LogP contribution is -2.48. The van der Waals surface area contributed by atoms with Crippen molar-refractivity contribution < 1.29 is 10.2 Å². The number of aromatic hydroxyl groups is 1. The Bertz CT molecular complexity index is 1040. The second-order valence-corrected chi connectivity index (χ2v) is 8.02. The van der Waals surface area contributed by atoms with Crippen molar-refractivity contribution >= 4 is 16.6 Å². The molecule has 27 heavy (non-hydrogen) atoms. The van der Waals surface area contributed by atoms with E-state index in [2.05, 4.69) is 26.6 Å². The molecule has 2 aliphatic carbocycles. The Balaban J connectivity index is 1.58. The number of benzene rings is 1. The van der Waals surface area contributed by atoms with E-state index >= 15 is 0 Å². The summed E-state index contributed by atoms with van der Waals surface area (Å²) in [6.07, 6.45) is 7.88. The average Bonchev–Trinajstić information content (AvgIpc) is 3.11. The smallest absolute Gasteiger partial charge is 0.158 e. The maximum atomic E-state index is 10.8. The molecular formula is C21H22N4O2. The number of anilines is 1. The van der Waals surface area contributed by atoms with Crippen LogP contribution in [-0.2, 0) is 12.8 Å². The lowest BCUT2D eigenvalue weighted by Gasteiger charge is -2.41. The van der Waals surface area contributed by atoms with Crippen molar-refractivity contribution in [1.29, 1.82) is 0 Å². The molecule has 6 heteroatoms. The molecule has 0 atom stereocenters. The summed E-state index contributed by atoms with van der Waals surface area (Å²) in [6.45, 7) is 1.84. The minimum atomic E-state index is -0.602. The third kappa shape index (κ3) is 2.72. The largest absolute Gasteiger partial charge is 0.507 e. The molecule has 2 heterocycles. The van der Waals surface area contributed by atoms with Gasteiger partial charge in [-0.2, -0.15) is 0 Å². The predicted octanol–water partition coefficient (Wildman–Crippen LogP) is 3.21. The summed E-state index contributed by atoms with van der Waals surface area (Å²) >= 11 is 0. The molecule has 5 rings (SSSR count). The Labute approximate surface area is 157 Å². The fraction of sp³-hybridized carbons (Fsp3) is 0.381. The number of aliphatic hydroxyl groups is 1. The zero-order valence-electron chi connectivity index (χ0n) is 15.2. The van der Waals surface area contributed by atoms with Crippen molar-refractivity contribution in [2.24, 2.45) is 0 Å². The highest BCUT2D eigenvalue weighted by molar-refractivity contribution is 6.00. The first kappa shape index (κ1) is 16.4. The van der Waals surface area contributed by atoms with Gasteiger partial charge in [-0.05, 0) is 62.3 Å². The molecular weight excluding hydrogens is 340 g/mol. The van der Waals surface area contributed by atoms with Crippen LogP contribution in [0.2, 0.25) is 0 Å². The number of aromatic nitrogens is 3. The number of pyridine rings is 1. The molecule has 0 spiro atoms. The molecule has 1 saturated carbocycles. The van der Waals surface area contributed by atoms with Crippen molar-refractivity contribution in [3.63, 3.8) is 0 Å². The number of nitrogens with zero attached hydrogens (tertiary/aromatic N) is 3. The molecule has 3 aromatic rings. The van der Waals surface area contributed by atoms with Gasteiger partial charge in [0.2, 0.25) is 0 Å². The minimum absolute atomic E-state index is 0.178. The molecule has 138 valence electrons. The van der Waals surface area contributed by atoms with Gasteiger partial charge in [0.1, 0.15) is 11.4 Å². The minimum Gasteiger partial charge on any atom is -0.507 e. The van der Waals surface area contributed by atoms with Crippen LogP contribution >= 0.6 is 0 Å². The Morgan fingerprint density at radius 1 is 1.11 bits per heavy atom. The number of hydrogen-bond donors (Lipinski definition) is 3. The maximum Gasteiger partial charge on any atom is 0.158 e. The van der Waals surface area contributed by atoms with Gasteiger partial charge < -0.3 is 15.5 Å². The molecule has 0 radical (unpaired) electrons. The lowest BCUT2D eigenvalue weighted by molar-refractivity contribution is -0.0235. The number of fused-ring (bicyclic) bond motifs is 2. The van der Waals surface area contributed by atoms with Crippen molar-refractivity contribution in [3.05, 3.63) is 41.7 Å². The van der Waals surface area contributed by atoms with Crippen molar-refractivity contribution in [1.82, 2.24) is 15.2 Å². The molecule has 0 amide bonds. The topological polar surface area (TPSA) is 91.2 Å². The lowest BCUT2D eigenvalue weighted by atomic mass is 9.77. The summed E-state index contributed by atoms with van der Waals surface area (Å²) in [4.78, 5) is 4.25. The molecule has 2 aromatic heterocycles. The van der Waals surface area contributed by atoms with E-state index in [1.807, 2.05) is 19.1 Å². The molecule has 0 aliphatic heterocycles. The maximum absolute atomic E-state index is 10.8. The van der Waals surface area contributed by atoms with Crippen LogP contribution in [0, 0.1) is 0 Å². The van der Waals surface area contributed by atoms with Gasteiger partial charge in [0.25, 0.3) is 0 Å². The van der Waals surface area contributed by atoms with E-state index in [1.54, 1.807) is 12.4 Å². The normalized spacial score (nSPS) is 23.9. The summed E-state index contributed by atoms with van der Waals surface area (Å²) < 4.78 is 0. The van der Waals surface area contributed by atoms with Crippen LogP contribution in [0.4, 0.5) is 5.82 Å². The molecule has 3 N–H and O–H groups in total. The third-order valence-electron chi connectivity index (χ3n) is 5.80. The molecule has 0 saturated heterocycles. The van der Waals surface area contributed by atoms with Crippen LogP contribution in [0.25, 0.3) is 22.0 Å². The summed E-state index contributed by atoms with van der Waals surface area (Å²) in [5, 5.41) is 34.8. The quantitative estimate of drug-likeness (QED) is 0.663. The first-order valence-electron chi connectivity index (χ1n) is 9.45. The number of phenols is 1. The molecule has 0 unspecified atom stereocenters. The van der Waals surface area contributed by atoms with E-state index in [0.717, 1.165) is 41.2 Å². The van der Waals surface area contributed by atoms with Gasteiger partial charge in [0.05, 0.1) is 5.60 Å². The van der Waals surface area contributed by atoms with Crippen molar-refractivity contribution in [2.45, 2.75) is 50.7 Å². The second-order valence-electron chi connectivity index (χ2n) is 8.02. The van der Waals surface area contributed by atoms with E-state index in [-0.39, 0.29) is 6.04 Å². The summed E-state index contributed by atoms with van der Waals surface area (Å²) in [5.74, 6) is 0.996. The van der Waals surface area contributed by atoms with Gasteiger partial charge in [0.15, 0.2) is 5.82 Å². The number of phenolic OH excluding ortho intramolecular Hbond substituents is 1. The van der Waals surface area contributed by atoms with Gasteiger partial charge >= 0.3 is 0 Å². The van der Waals surface area contributed by atoms with Gasteiger partial charge in [-0.3, -0.25) is 4.98 Å². The molecule has 6 nitrogen and oxygen atoms in total. The first-order chi connectivity index (χ1) is 13.0. The highest BCUT2D eigenvalue weighted by Crippen LogP contribution is 2.41. The molecule has 1 aromatic carbocycles. The van der Waals surface area contributed by atoms with Crippen molar-refractivity contribution in [3.8, 4) is 17.0 Å². The highest BCUT2D eigenvalue weighted by Gasteiger charge is 2.38. The Hall–Kier alpha value is -2.73. The van der Waals surface area contributed by atoms with Crippen LogP contribution in [-0.4, -0.2) is 37.0 Å². The Kier molecular flexibility index (Phi) is 3.59. The average molecular weight is 362 g/mol. The number of aryl methyl sites for hydroxylation is 1. The Morgan fingerprint density at radius 3 is 2.78 bits per heavy atom. The van der Waals surface area contributed by atoms with Gasteiger partial charge in [0, 0.05) is 34.8 Å². The molecule has 0 bridgehead atoms. The summed E-state index contributed by atoms with van der Waals surface area (Å²) in [5.41, 5.74) is 3.05. The van der Waals surface area contributed by atoms with Crippen LogP contribution in [0.5, 0.6) is 5.75 Å². The third-order valence-corrected chi connectivity index (χ3v) is 5.80. The van der Waals surface area contributed by atoms with E-state index in [1.165, 1.54) is 5.56 Å². The molecule has 2 aliphatic rings. The standard InChI is InChI=1S/C21H22N4O2/c1-21(27)9-13(10-21)23-20-17-11-22-8-7-15(17)18(24-25-20)16-6-5-12-3-2-4-14(12)19(16)26/h5-8,11,13,26-27H,2-4,9-10H2,1H3,(H,23,25). The number of rotatable bonds is 3. The highest BCUT2D eigenvalue weighted by atomic mass is 16.3. The molecule has 1 fully saturated rings. The SMILES string of the molecule is CC1(O)CC(Nc2nnc(-c3ccc4c(c3O)CCC4)c3ccncc23)C1. The summed E-state index contributed by atoms with van der Waals surface area (Å²) in [7, 11) is 0. The van der Waals surface area contributed by atoms with Crippen LogP contribution in [0.1, 0.15) is 37.3 Å². The van der Waals surface area contributed by atoms with E-state index < -0.39 is 5.60 Å². The Morgan fingerprint density at radius 2 is 1.96 bits per heavy atom. The van der Waals surface area contributed by atoms with Crippen LogP contribution < -0.4 is 5.32 Å². The number of hydrogen-bond acceptors (Lipinski definition) is 6. The fourth-order valence-corrected chi connectivity index (χ4v) is 4.44. The van der Waals surface area contributed by atoms with Gasteiger partial charge in [-0.25, -0.2) is 0 Å². The summed E-state index contributed by atoms with van der Waals surface area (Å²) in [6, 6.07) is 6.12. The fourth-order valence-electron chi connectivity index (χ4n) is 4.44. The first-order valence-corrected chi connectivity index (χ1v) is 9.45. The van der Waals surface area contributed by atoms with E-state index in [0.29, 0.717) is 30.1 Å². The zero-order chi connectivity index (χ0) is 18.6. The van der Waals surface area contributed by atoms with Gasteiger partial charge in [-0.15, -0.1) is 10.2 Å².